The number of halogens is 1. The van der Waals surface area contributed by atoms with Crippen molar-refractivity contribution in [3.8, 4) is 0 Å². The Morgan fingerprint density at radius 3 is 2.48 bits per heavy atom. The van der Waals surface area contributed by atoms with Gasteiger partial charge in [0.15, 0.2) is 16.4 Å². The molecule has 1 atom stereocenters. The lowest BCUT2D eigenvalue weighted by Crippen LogP contribution is -2.48. The molecule has 3 rings (SSSR count). The maximum atomic E-state index is 13.6. The molecule has 8 heteroatoms. The number of nitrogens with zero attached hydrogens (tertiary/aromatic N) is 1. The van der Waals surface area contributed by atoms with Crippen molar-refractivity contribution in [2.75, 3.05) is 18.1 Å². The monoisotopic (exact) mass is 397 g/mol. The fourth-order valence-corrected chi connectivity index (χ4v) is 5.60. The van der Waals surface area contributed by atoms with E-state index in [0.717, 1.165) is 31.7 Å². The zero-order chi connectivity index (χ0) is 19.6. The van der Waals surface area contributed by atoms with Crippen LogP contribution in [0, 0.1) is 12.7 Å². The normalized spacial score (nSPS) is 21.9. The highest BCUT2D eigenvalue weighted by Crippen LogP contribution is 2.29. The van der Waals surface area contributed by atoms with Gasteiger partial charge in [0.25, 0.3) is 5.91 Å². The zero-order valence-corrected chi connectivity index (χ0v) is 16.1. The van der Waals surface area contributed by atoms with E-state index in [2.05, 4.69) is 0 Å². The molecule has 0 aromatic heterocycles. The summed E-state index contributed by atoms with van der Waals surface area (Å²) in [5, 5.41) is 0. The molecule has 6 nitrogen and oxygen atoms in total. The van der Waals surface area contributed by atoms with Gasteiger partial charge in [0.2, 0.25) is 0 Å². The molecule has 0 radical (unpaired) electrons. The highest BCUT2D eigenvalue weighted by Gasteiger charge is 2.39. The molecule has 0 N–H and O–H groups in total. The molecule has 1 aliphatic carbocycles. The first-order valence-electron chi connectivity index (χ1n) is 9.22. The molecule has 27 heavy (non-hydrogen) atoms. The van der Waals surface area contributed by atoms with Crippen molar-refractivity contribution in [2.45, 2.75) is 51.1 Å². The average Bonchev–Trinajstić information content (AvgIpc) is 3.25. The summed E-state index contributed by atoms with van der Waals surface area (Å²) in [5.74, 6) is -1.62. The largest absolute Gasteiger partial charge is 0.452 e. The topological polar surface area (TPSA) is 80.8 Å². The van der Waals surface area contributed by atoms with Crippen LogP contribution in [0.15, 0.2) is 18.2 Å². The van der Waals surface area contributed by atoms with Crippen molar-refractivity contribution in [3.05, 3.63) is 35.1 Å². The van der Waals surface area contributed by atoms with E-state index in [1.165, 1.54) is 12.1 Å². The number of rotatable bonds is 5. The number of esters is 1. The van der Waals surface area contributed by atoms with Crippen LogP contribution in [0.3, 0.4) is 0 Å². The smallest absolute Gasteiger partial charge is 0.338 e. The second-order valence-corrected chi connectivity index (χ2v) is 9.56. The van der Waals surface area contributed by atoms with Crippen molar-refractivity contribution in [3.63, 3.8) is 0 Å². The molecular formula is C19H24FNO5S. The van der Waals surface area contributed by atoms with Crippen LogP contribution in [0.4, 0.5) is 4.39 Å². The van der Waals surface area contributed by atoms with Gasteiger partial charge in [-0.2, -0.15) is 0 Å². The summed E-state index contributed by atoms with van der Waals surface area (Å²) < 4.78 is 42.4. The number of ether oxygens (including phenoxy) is 1. The number of hydrogen-bond donors (Lipinski definition) is 0. The Labute approximate surface area is 158 Å². The van der Waals surface area contributed by atoms with E-state index in [1.807, 2.05) is 0 Å². The van der Waals surface area contributed by atoms with Crippen molar-refractivity contribution >= 4 is 21.7 Å². The maximum absolute atomic E-state index is 13.6. The predicted molar refractivity (Wildman–Crippen MR) is 97.6 cm³/mol. The molecule has 1 amide bonds. The molecular weight excluding hydrogens is 373 g/mol. The molecule has 1 aromatic rings. The maximum Gasteiger partial charge on any atom is 0.338 e. The Kier molecular flexibility index (Phi) is 5.83. The lowest BCUT2D eigenvalue weighted by molar-refractivity contribution is -0.139. The Bertz CT molecular complexity index is 833. The van der Waals surface area contributed by atoms with Crippen LogP contribution in [0.25, 0.3) is 0 Å². The van der Waals surface area contributed by atoms with E-state index in [4.69, 9.17) is 4.74 Å². The number of aryl methyl sites for hydroxylation is 1. The number of sulfone groups is 1. The van der Waals surface area contributed by atoms with Crippen LogP contribution in [0.2, 0.25) is 0 Å². The van der Waals surface area contributed by atoms with E-state index in [9.17, 15) is 22.4 Å². The fourth-order valence-electron chi connectivity index (χ4n) is 3.89. The third-order valence-electron chi connectivity index (χ3n) is 5.34. The van der Waals surface area contributed by atoms with Crippen LogP contribution in [0.5, 0.6) is 0 Å². The third kappa shape index (κ3) is 4.66. The summed E-state index contributed by atoms with van der Waals surface area (Å²) >= 11 is 0. The van der Waals surface area contributed by atoms with Crippen LogP contribution < -0.4 is 0 Å². The van der Waals surface area contributed by atoms with E-state index in [0.29, 0.717) is 12.0 Å². The number of hydrogen-bond acceptors (Lipinski definition) is 5. The first-order valence-corrected chi connectivity index (χ1v) is 11.0. The van der Waals surface area contributed by atoms with Gasteiger partial charge in [0, 0.05) is 12.1 Å². The summed E-state index contributed by atoms with van der Waals surface area (Å²) in [7, 11) is -3.13. The van der Waals surface area contributed by atoms with E-state index in [1.54, 1.807) is 11.8 Å². The average molecular weight is 397 g/mol. The van der Waals surface area contributed by atoms with E-state index >= 15 is 0 Å². The van der Waals surface area contributed by atoms with Gasteiger partial charge < -0.3 is 9.64 Å². The van der Waals surface area contributed by atoms with Gasteiger partial charge in [-0.3, -0.25) is 4.79 Å². The minimum atomic E-state index is -3.13. The quantitative estimate of drug-likeness (QED) is 0.712. The molecule has 148 valence electrons. The number of carbonyl (C=O) groups excluding carboxylic acids is 2. The molecule has 1 heterocycles. The summed E-state index contributed by atoms with van der Waals surface area (Å²) in [5.41, 5.74) is 0.458. The molecule has 1 aliphatic heterocycles. The van der Waals surface area contributed by atoms with Crippen LogP contribution >= 0.6 is 0 Å². The van der Waals surface area contributed by atoms with Gasteiger partial charge >= 0.3 is 5.97 Å². The Balaban J connectivity index is 1.67. The Hall–Kier alpha value is -1.96. The standard InChI is InChI=1S/C19H24FNO5S/c1-13-6-7-14(10-17(13)20)19(23)26-11-18(22)21(15-4-2-3-5-15)16-8-9-27(24,25)12-16/h6-7,10,15-16H,2-5,8-9,11-12H2,1H3. The molecule has 1 saturated carbocycles. The Morgan fingerprint density at radius 2 is 1.89 bits per heavy atom. The highest BCUT2D eigenvalue weighted by molar-refractivity contribution is 7.91. The summed E-state index contributed by atoms with van der Waals surface area (Å²) in [6.07, 6.45) is 4.08. The number of carbonyl (C=O) groups is 2. The predicted octanol–water partition coefficient (Wildman–Crippen LogP) is 2.25. The molecule has 1 unspecified atom stereocenters. The Morgan fingerprint density at radius 1 is 1.19 bits per heavy atom. The molecule has 2 aliphatic rings. The van der Waals surface area contributed by atoms with Gasteiger partial charge in [-0.15, -0.1) is 0 Å². The van der Waals surface area contributed by atoms with Crippen molar-refractivity contribution in [2.24, 2.45) is 0 Å². The SMILES string of the molecule is Cc1ccc(C(=O)OCC(=O)N(C2CCCC2)C2CCS(=O)(=O)C2)cc1F. The third-order valence-corrected chi connectivity index (χ3v) is 7.09. The minimum absolute atomic E-state index is 0.00804. The zero-order valence-electron chi connectivity index (χ0n) is 15.3. The van der Waals surface area contributed by atoms with E-state index in [-0.39, 0.29) is 35.1 Å². The number of benzene rings is 1. The van der Waals surface area contributed by atoms with E-state index < -0.39 is 28.2 Å². The van der Waals surface area contributed by atoms with Gasteiger partial charge in [-0.25, -0.2) is 17.6 Å². The van der Waals surface area contributed by atoms with Crippen LogP contribution in [-0.2, 0) is 19.4 Å². The van der Waals surface area contributed by atoms with Crippen LogP contribution in [0.1, 0.15) is 48.0 Å². The molecule has 1 aromatic carbocycles. The molecule has 2 fully saturated rings. The van der Waals surface area contributed by atoms with Gasteiger partial charge in [-0.1, -0.05) is 18.9 Å². The summed E-state index contributed by atoms with van der Waals surface area (Å²) in [6, 6.07) is 3.64. The second kappa shape index (κ2) is 7.96. The van der Waals surface area contributed by atoms with Crippen LogP contribution in [-0.4, -0.2) is 55.4 Å². The summed E-state index contributed by atoms with van der Waals surface area (Å²) in [4.78, 5) is 26.5. The molecule has 0 spiro atoms. The summed E-state index contributed by atoms with van der Waals surface area (Å²) in [6.45, 7) is 1.12. The van der Waals surface area contributed by atoms with Gasteiger partial charge in [-0.05, 0) is 43.9 Å². The first kappa shape index (κ1) is 19.8. The lowest BCUT2D eigenvalue weighted by atomic mass is 10.1. The van der Waals surface area contributed by atoms with Crippen molar-refractivity contribution < 1.29 is 27.1 Å². The minimum Gasteiger partial charge on any atom is -0.452 e. The first-order chi connectivity index (χ1) is 12.8. The molecule has 0 bridgehead atoms. The van der Waals surface area contributed by atoms with Crippen molar-refractivity contribution in [1.82, 2.24) is 4.90 Å². The highest BCUT2D eigenvalue weighted by atomic mass is 32.2. The van der Waals surface area contributed by atoms with Crippen molar-refractivity contribution in [1.29, 1.82) is 0 Å². The fraction of sp³-hybridized carbons (Fsp3) is 0.579. The number of amides is 1. The second-order valence-electron chi connectivity index (χ2n) is 7.34. The van der Waals surface area contributed by atoms with Gasteiger partial charge in [0.05, 0.1) is 17.1 Å². The molecule has 1 saturated heterocycles. The lowest BCUT2D eigenvalue weighted by Gasteiger charge is -2.33. The van der Waals surface area contributed by atoms with Gasteiger partial charge in [0.1, 0.15) is 5.82 Å².